The van der Waals surface area contributed by atoms with Crippen molar-refractivity contribution in [3.63, 3.8) is 0 Å². The summed E-state index contributed by atoms with van der Waals surface area (Å²) >= 11 is 0. The Labute approximate surface area is 121 Å². The number of aromatic nitrogens is 1. The van der Waals surface area contributed by atoms with E-state index in [1.54, 1.807) is 0 Å². The van der Waals surface area contributed by atoms with Crippen LogP contribution < -0.4 is 5.32 Å². The smallest absolute Gasteiger partial charge is 0.0749 e. The molecule has 1 saturated carbocycles. The van der Waals surface area contributed by atoms with Gasteiger partial charge in [0.1, 0.15) is 0 Å². The number of nitrogens with one attached hydrogen (secondary N) is 1. The third-order valence-electron chi connectivity index (χ3n) is 4.61. The molecule has 1 aliphatic carbocycles. The van der Waals surface area contributed by atoms with Gasteiger partial charge in [-0.2, -0.15) is 0 Å². The standard InChI is InChI=1S/C18H24N2/c1-4-10-19-17(15-12-18(15,2)3)14-9-5-7-13-8-6-11-20-16(13)14/h5-9,11,15,17,19H,4,10,12H2,1-3H3. The zero-order chi connectivity index (χ0) is 14.2. The molecule has 1 aromatic carbocycles. The van der Waals surface area contributed by atoms with Crippen molar-refractivity contribution in [2.75, 3.05) is 6.54 Å². The minimum Gasteiger partial charge on any atom is -0.310 e. The minimum atomic E-state index is 0.434. The predicted molar refractivity (Wildman–Crippen MR) is 84.7 cm³/mol. The summed E-state index contributed by atoms with van der Waals surface area (Å²) in [6.07, 6.45) is 4.38. The van der Waals surface area contributed by atoms with Crippen molar-refractivity contribution in [3.05, 3.63) is 42.1 Å². The van der Waals surface area contributed by atoms with Crippen molar-refractivity contribution in [2.24, 2.45) is 11.3 Å². The Hall–Kier alpha value is -1.41. The maximum Gasteiger partial charge on any atom is 0.0749 e. The molecule has 2 nitrogen and oxygen atoms in total. The Morgan fingerprint density at radius 1 is 1.30 bits per heavy atom. The summed E-state index contributed by atoms with van der Waals surface area (Å²) in [6, 6.07) is 11.2. The monoisotopic (exact) mass is 268 g/mol. The molecule has 1 heterocycles. The molecular weight excluding hydrogens is 244 g/mol. The van der Waals surface area contributed by atoms with E-state index in [1.165, 1.54) is 23.8 Å². The highest BCUT2D eigenvalue weighted by Crippen LogP contribution is 2.58. The molecule has 0 saturated heterocycles. The maximum absolute atomic E-state index is 4.63. The van der Waals surface area contributed by atoms with Crippen molar-refractivity contribution in [1.29, 1.82) is 0 Å². The summed E-state index contributed by atoms with van der Waals surface area (Å²) in [6.45, 7) is 8.04. The van der Waals surface area contributed by atoms with Gasteiger partial charge >= 0.3 is 0 Å². The SMILES string of the molecule is CCCNC(c1cccc2cccnc12)C1CC1(C)C. The van der Waals surface area contributed by atoms with Crippen LogP contribution >= 0.6 is 0 Å². The van der Waals surface area contributed by atoms with Crippen LogP contribution in [0.2, 0.25) is 0 Å². The highest BCUT2D eigenvalue weighted by Gasteiger charge is 2.50. The number of nitrogens with zero attached hydrogens (tertiary/aromatic N) is 1. The van der Waals surface area contributed by atoms with Crippen LogP contribution in [0.3, 0.4) is 0 Å². The lowest BCUT2D eigenvalue weighted by Gasteiger charge is -2.22. The van der Waals surface area contributed by atoms with Crippen molar-refractivity contribution in [1.82, 2.24) is 10.3 Å². The normalized spacial score (nSPS) is 21.9. The molecule has 0 bridgehead atoms. The molecule has 0 amide bonds. The highest BCUT2D eigenvalue weighted by molar-refractivity contribution is 5.82. The molecule has 2 atom stereocenters. The summed E-state index contributed by atoms with van der Waals surface area (Å²) in [5.74, 6) is 0.724. The molecule has 20 heavy (non-hydrogen) atoms. The molecule has 0 radical (unpaired) electrons. The van der Waals surface area contributed by atoms with Gasteiger partial charge in [-0.15, -0.1) is 0 Å². The van der Waals surface area contributed by atoms with E-state index in [0.717, 1.165) is 18.0 Å². The van der Waals surface area contributed by atoms with E-state index in [1.807, 2.05) is 12.3 Å². The number of pyridine rings is 1. The van der Waals surface area contributed by atoms with Crippen LogP contribution in [0.5, 0.6) is 0 Å². The highest BCUT2D eigenvalue weighted by atomic mass is 14.9. The number of benzene rings is 1. The zero-order valence-electron chi connectivity index (χ0n) is 12.7. The predicted octanol–water partition coefficient (Wildman–Crippen LogP) is 4.32. The van der Waals surface area contributed by atoms with Crippen LogP contribution in [-0.2, 0) is 0 Å². The van der Waals surface area contributed by atoms with Crippen LogP contribution in [0, 0.1) is 11.3 Å². The van der Waals surface area contributed by atoms with Crippen LogP contribution in [0.25, 0.3) is 10.9 Å². The third-order valence-corrected chi connectivity index (χ3v) is 4.61. The van der Waals surface area contributed by atoms with Crippen molar-refractivity contribution < 1.29 is 0 Å². The van der Waals surface area contributed by atoms with E-state index >= 15 is 0 Å². The van der Waals surface area contributed by atoms with Crippen molar-refractivity contribution in [2.45, 2.75) is 39.7 Å². The minimum absolute atomic E-state index is 0.434. The first-order chi connectivity index (χ1) is 9.63. The second-order valence-electron chi connectivity index (χ2n) is 6.65. The second-order valence-corrected chi connectivity index (χ2v) is 6.65. The quantitative estimate of drug-likeness (QED) is 0.873. The number of hydrogen-bond donors (Lipinski definition) is 1. The van der Waals surface area contributed by atoms with Crippen LogP contribution in [-0.4, -0.2) is 11.5 Å². The largest absolute Gasteiger partial charge is 0.310 e. The molecule has 0 spiro atoms. The fourth-order valence-electron chi connectivity index (χ4n) is 3.22. The van der Waals surface area contributed by atoms with E-state index in [0.29, 0.717) is 11.5 Å². The first kappa shape index (κ1) is 13.6. The molecule has 3 rings (SSSR count). The van der Waals surface area contributed by atoms with Gasteiger partial charge in [-0.1, -0.05) is 45.0 Å². The first-order valence-corrected chi connectivity index (χ1v) is 7.70. The van der Waals surface area contributed by atoms with Gasteiger partial charge in [0.2, 0.25) is 0 Å². The molecule has 0 aliphatic heterocycles. The van der Waals surface area contributed by atoms with Gasteiger partial charge < -0.3 is 5.32 Å². The molecule has 106 valence electrons. The molecule has 2 unspecified atom stereocenters. The number of para-hydroxylation sites is 1. The van der Waals surface area contributed by atoms with Gasteiger partial charge in [0, 0.05) is 17.6 Å². The van der Waals surface area contributed by atoms with Gasteiger partial charge in [-0.3, -0.25) is 4.98 Å². The first-order valence-electron chi connectivity index (χ1n) is 7.70. The maximum atomic E-state index is 4.63. The topological polar surface area (TPSA) is 24.9 Å². The summed E-state index contributed by atoms with van der Waals surface area (Å²) < 4.78 is 0. The average molecular weight is 268 g/mol. The lowest BCUT2D eigenvalue weighted by molar-refractivity contribution is 0.417. The van der Waals surface area contributed by atoms with E-state index in [2.05, 4.69) is 55.3 Å². The third kappa shape index (κ3) is 2.45. The Morgan fingerprint density at radius 2 is 2.05 bits per heavy atom. The second kappa shape index (κ2) is 5.17. The molecule has 2 heteroatoms. The summed E-state index contributed by atoms with van der Waals surface area (Å²) in [5, 5.41) is 5.00. The van der Waals surface area contributed by atoms with Gasteiger partial charge in [0.15, 0.2) is 0 Å². The Balaban J connectivity index is 2.00. The number of rotatable bonds is 5. The molecule has 1 fully saturated rings. The lowest BCUT2D eigenvalue weighted by Crippen LogP contribution is -2.25. The van der Waals surface area contributed by atoms with E-state index in [9.17, 15) is 0 Å². The molecular formula is C18H24N2. The molecule has 1 N–H and O–H groups in total. The fourth-order valence-corrected chi connectivity index (χ4v) is 3.22. The van der Waals surface area contributed by atoms with Crippen LogP contribution in [0.15, 0.2) is 36.5 Å². The van der Waals surface area contributed by atoms with Gasteiger partial charge in [-0.25, -0.2) is 0 Å². The van der Waals surface area contributed by atoms with Crippen LogP contribution in [0.1, 0.15) is 45.2 Å². The van der Waals surface area contributed by atoms with Gasteiger partial charge in [-0.05, 0) is 42.3 Å². The lowest BCUT2D eigenvalue weighted by atomic mass is 9.95. The van der Waals surface area contributed by atoms with Gasteiger partial charge in [0.25, 0.3) is 0 Å². The Morgan fingerprint density at radius 3 is 2.75 bits per heavy atom. The Bertz CT molecular complexity index is 598. The summed E-state index contributed by atoms with van der Waals surface area (Å²) in [7, 11) is 0. The van der Waals surface area contributed by atoms with Gasteiger partial charge in [0.05, 0.1) is 5.52 Å². The molecule has 1 aromatic heterocycles. The van der Waals surface area contributed by atoms with E-state index < -0.39 is 0 Å². The Kier molecular flexibility index (Phi) is 3.51. The fraction of sp³-hybridized carbons (Fsp3) is 0.500. The summed E-state index contributed by atoms with van der Waals surface area (Å²) in [5.41, 5.74) is 2.99. The van der Waals surface area contributed by atoms with Crippen LogP contribution in [0.4, 0.5) is 0 Å². The van der Waals surface area contributed by atoms with E-state index in [4.69, 9.17) is 0 Å². The molecule has 2 aromatic rings. The van der Waals surface area contributed by atoms with Crippen molar-refractivity contribution >= 4 is 10.9 Å². The molecule has 1 aliphatic rings. The average Bonchev–Trinajstić information content (AvgIpc) is 3.08. The number of fused-ring (bicyclic) bond motifs is 1. The number of hydrogen-bond acceptors (Lipinski definition) is 2. The van der Waals surface area contributed by atoms with Crippen molar-refractivity contribution in [3.8, 4) is 0 Å². The zero-order valence-corrected chi connectivity index (χ0v) is 12.7. The van der Waals surface area contributed by atoms with E-state index in [-0.39, 0.29) is 0 Å². The summed E-state index contributed by atoms with van der Waals surface area (Å²) in [4.78, 5) is 4.63.